The van der Waals surface area contributed by atoms with Crippen LogP contribution in [0.15, 0.2) is 28.7 Å². The molecule has 0 spiro atoms. The second-order valence-corrected chi connectivity index (χ2v) is 4.92. The molecule has 0 radical (unpaired) electrons. The highest BCUT2D eigenvalue weighted by atomic mass is 16.4. The van der Waals surface area contributed by atoms with E-state index in [4.69, 9.17) is 10.2 Å². The Morgan fingerprint density at radius 1 is 1.16 bits per heavy atom. The summed E-state index contributed by atoms with van der Waals surface area (Å²) in [6, 6.07) is 8.57. The number of hydrogen-bond acceptors (Lipinski definition) is 5. The average molecular weight is 258 g/mol. The average Bonchev–Trinajstić information content (AvgIpc) is 3.07. The van der Waals surface area contributed by atoms with Gasteiger partial charge in [-0.2, -0.15) is 0 Å². The molecule has 0 aliphatic carbocycles. The molecule has 0 saturated carbocycles. The molecule has 1 aromatic heterocycles. The minimum absolute atomic E-state index is 0.667. The molecule has 100 valence electrons. The SMILES string of the molecule is Nc1cccc(CCc2nnc(N3CCCC3)o2)c1. The van der Waals surface area contributed by atoms with Crippen molar-refractivity contribution in [2.45, 2.75) is 25.7 Å². The van der Waals surface area contributed by atoms with E-state index in [9.17, 15) is 0 Å². The number of aryl methyl sites for hydroxylation is 2. The second-order valence-electron chi connectivity index (χ2n) is 4.92. The molecule has 3 rings (SSSR count). The van der Waals surface area contributed by atoms with Crippen molar-refractivity contribution in [2.24, 2.45) is 0 Å². The maximum Gasteiger partial charge on any atom is 0.318 e. The number of nitrogen functional groups attached to an aromatic ring is 1. The Kier molecular flexibility index (Phi) is 3.35. The van der Waals surface area contributed by atoms with E-state index in [1.165, 1.54) is 18.4 Å². The number of nitrogens with zero attached hydrogens (tertiary/aromatic N) is 3. The molecule has 1 saturated heterocycles. The molecule has 0 atom stereocenters. The van der Waals surface area contributed by atoms with Crippen molar-refractivity contribution in [3.8, 4) is 0 Å². The smallest absolute Gasteiger partial charge is 0.318 e. The summed E-state index contributed by atoms with van der Waals surface area (Å²) >= 11 is 0. The van der Waals surface area contributed by atoms with Crippen LogP contribution in [0.2, 0.25) is 0 Å². The molecule has 5 nitrogen and oxygen atoms in total. The number of nitrogens with two attached hydrogens (primary N) is 1. The third-order valence-corrected chi connectivity index (χ3v) is 3.41. The summed E-state index contributed by atoms with van der Waals surface area (Å²) in [6.45, 7) is 2.05. The number of anilines is 2. The number of hydrogen-bond donors (Lipinski definition) is 1. The lowest BCUT2D eigenvalue weighted by Crippen LogP contribution is -2.17. The lowest BCUT2D eigenvalue weighted by Gasteiger charge is -2.09. The first-order valence-corrected chi connectivity index (χ1v) is 6.73. The van der Waals surface area contributed by atoms with E-state index in [0.29, 0.717) is 11.9 Å². The van der Waals surface area contributed by atoms with E-state index in [-0.39, 0.29) is 0 Å². The molecule has 1 aliphatic heterocycles. The summed E-state index contributed by atoms with van der Waals surface area (Å²) in [7, 11) is 0. The van der Waals surface area contributed by atoms with Gasteiger partial charge in [-0.1, -0.05) is 17.2 Å². The molecule has 1 fully saturated rings. The highest BCUT2D eigenvalue weighted by molar-refractivity contribution is 5.40. The van der Waals surface area contributed by atoms with E-state index in [2.05, 4.69) is 21.2 Å². The van der Waals surface area contributed by atoms with Crippen LogP contribution in [0.3, 0.4) is 0 Å². The summed E-state index contributed by atoms with van der Waals surface area (Å²) < 4.78 is 5.69. The van der Waals surface area contributed by atoms with E-state index < -0.39 is 0 Å². The molecule has 1 aromatic carbocycles. The van der Waals surface area contributed by atoms with Crippen molar-refractivity contribution in [1.29, 1.82) is 0 Å². The molecule has 0 unspecified atom stereocenters. The van der Waals surface area contributed by atoms with Gasteiger partial charge in [0.15, 0.2) is 0 Å². The highest BCUT2D eigenvalue weighted by Crippen LogP contribution is 2.19. The monoisotopic (exact) mass is 258 g/mol. The van der Waals surface area contributed by atoms with E-state index in [0.717, 1.165) is 31.6 Å². The zero-order valence-electron chi connectivity index (χ0n) is 10.9. The molecule has 0 amide bonds. The van der Waals surface area contributed by atoms with Crippen LogP contribution in [0, 0.1) is 0 Å². The lowest BCUT2D eigenvalue weighted by atomic mass is 10.1. The zero-order chi connectivity index (χ0) is 13.1. The third-order valence-electron chi connectivity index (χ3n) is 3.41. The fourth-order valence-corrected chi connectivity index (χ4v) is 2.38. The molecule has 2 aromatic rings. The fraction of sp³-hybridized carbons (Fsp3) is 0.429. The van der Waals surface area contributed by atoms with Crippen LogP contribution in [-0.4, -0.2) is 23.3 Å². The van der Waals surface area contributed by atoms with Crippen molar-refractivity contribution in [3.05, 3.63) is 35.7 Å². The normalized spacial score (nSPS) is 15.1. The molecule has 2 N–H and O–H groups in total. The number of rotatable bonds is 4. The Labute approximate surface area is 112 Å². The molecule has 0 bridgehead atoms. The second kappa shape index (κ2) is 5.30. The van der Waals surface area contributed by atoms with E-state index in [1.807, 2.05) is 18.2 Å². The molecule has 19 heavy (non-hydrogen) atoms. The summed E-state index contributed by atoms with van der Waals surface area (Å²) in [5, 5.41) is 8.22. The van der Waals surface area contributed by atoms with Gasteiger partial charge in [-0.05, 0) is 37.0 Å². The molecule has 1 aliphatic rings. The van der Waals surface area contributed by atoms with E-state index in [1.54, 1.807) is 0 Å². The zero-order valence-corrected chi connectivity index (χ0v) is 10.9. The van der Waals surface area contributed by atoms with Crippen LogP contribution < -0.4 is 10.6 Å². The summed E-state index contributed by atoms with van der Waals surface area (Å²) in [5.41, 5.74) is 7.74. The topological polar surface area (TPSA) is 68.2 Å². The minimum atomic E-state index is 0.667. The van der Waals surface area contributed by atoms with Crippen molar-refractivity contribution in [3.63, 3.8) is 0 Å². The Morgan fingerprint density at radius 3 is 2.79 bits per heavy atom. The van der Waals surface area contributed by atoms with Crippen LogP contribution in [0.4, 0.5) is 11.7 Å². The van der Waals surface area contributed by atoms with Gasteiger partial charge in [0.2, 0.25) is 5.89 Å². The first-order chi connectivity index (χ1) is 9.31. The Morgan fingerprint density at radius 2 is 2.00 bits per heavy atom. The van der Waals surface area contributed by atoms with Gasteiger partial charge < -0.3 is 15.1 Å². The first kappa shape index (κ1) is 12.0. The van der Waals surface area contributed by atoms with Crippen molar-refractivity contribution in [2.75, 3.05) is 23.7 Å². The standard InChI is InChI=1S/C14H18N4O/c15-12-5-3-4-11(10-12)6-7-13-16-17-14(19-13)18-8-1-2-9-18/h3-5,10H,1-2,6-9,15H2. The number of benzene rings is 1. The Bertz CT molecular complexity index is 546. The summed E-state index contributed by atoms with van der Waals surface area (Å²) in [4.78, 5) is 2.15. The Balaban J connectivity index is 1.61. The number of aromatic nitrogens is 2. The van der Waals surface area contributed by atoms with Crippen LogP contribution in [0.1, 0.15) is 24.3 Å². The summed E-state index contributed by atoms with van der Waals surface area (Å²) in [6.07, 6.45) is 4.04. The van der Waals surface area contributed by atoms with Crippen molar-refractivity contribution in [1.82, 2.24) is 10.2 Å². The van der Waals surface area contributed by atoms with Gasteiger partial charge in [0.05, 0.1) is 0 Å². The maximum absolute atomic E-state index is 5.76. The predicted octanol–water partition coefficient (Wildman–Crippen LogP) is 2.04. The van der Waals surface area contributed by atoms with Gasteiger partial charge in [-0.15, -0.1) is 5.10 Å². The van der Waals surface area contributed by atoms with Crippen LogP contribution in [-0.2, 0) is 12.8 Å². The fourth-order valence-electron chi connectivity index (χ4n) is 2.38. The van der Waals surface area contributed by atoms with Gasteiger partial charge in [0.25, 0.3) is 0 Å². The largest absolute Gasteiger partial charge is 0.408 e. The highest BCUT2D eigenvalue weighted by Gasteiger charge is 2.18. The van der Waals surface area contributed by atoms with Crippen molar-refractivity contribution >= 4 is 11.7 Å². The summed E-state index contributed by atoms with van der Waals surface area (Å²) in [5.74, 6) is 0.698. The van der Waals surface area contributed by atoms with Gasteiger partial charge >= 0.3 is 6.01 Å². The Hall–Kier alpha value is -2.04. The van der Waals surface area contributed by atoms with Crippen LogP contribution in [0.5, 0.6) is 0 Å². The van der Waals surface area contributed by atoms with Gasteiger partial charge in [-0.25, -0.2) is 0 Å². The molecule has 2 heterocycles. The van der Waals surface area contributed by atoms with Gasteiger partial charge in [0.1, 0.15) is 0 Å². The predicted molar refractivity (Wildman–Crippen MR) is 74.0 cm³/mol. The quantitative estimate of drug-likeness (QED) is 0.850. The lowest BCUT2D eigenvalue weighted by molar-refractivity contribution is 0.489. The van der Waals surface area contributed by atoms with Gasteiger partial charge in [0, 0.05) is 25.2 Å². The van der Waals surface area contributed by atoms with Crippen LogP contribution in [0.25, 0.3) is 0 Å². The molecular formula is C14H18N4O. The molecule has 5 heteroatoms. The van der Waals surface area contributed by atoms with Crippen molar-refractivity contribution < 1.29 is 4.42 Å². The van der Waals surface area contributed by atoms with Gasteiger partial charge in [-0.3, -0.25) is 0 Å². The van der Waals surface area contributed by atoms with E-state index >= 15 is 0 Å². The van der Waals surface area contributed by atoms with Crippen LogP contribution >= 0.6 is 0 Å². The first-order valence-electron chi connectivity index (χ1n) is 6.73. The third kappa shape index (κ3) is 2.86. The molecular weight excluding hydrogens is 240 g/mol. The maximum atomic E-state index is 5.76. The minimum Gasteiger partial charge on any atom is -0.408 e.